The van der Waals surface area contributed by atoms with Gasteiger partial charge in [0.05, 0.1) is 0 Å². The number of hydrogen-bond acceptors (Lipinski definition) is 3. The lowest BCUT2D eigenvalue weighted by atomic mass is 9.88. The minimum atomic E-state index is 0.260. The van der Waals surface area contributed by atoms with E-state index in [1.54, 1.807) is 0 Å². The number of nitrogens with zero attached hydrogens (tertiary/aromatic N) is 2. The largest absolute Gasteiger partial charge is 0.377 e. The van der Waals surface area contributed by atoms with Crippen molar-refractivity contribution in [1.29, 1.82) is 0 Å². The number of piperazine rings is 1. The molecular weight excluding hydrogens is 258 g/mol. The zero-order valence-electron chi connectivity index (χ0n) is 14.5. The van der Waals surface area contributed by atoms with Crippen molar-refractivity contribution in [3.63, 3.8) is 0 Å². The van der Waals surface area contributed by atoms with Crippen LogP contribution >= 0.6 is 0 Å². The maximum Gasteiger partial charge on any atom is 0.0411 e. The van der Waals surface area contributed by atoms with Crippen LogP contribution in [0.5, 0.6) is 0 Å². The normalized spacial score (nSPS) is 21.4. The summed E-state index contributed by atoms with van der Waals surface area (Å²) in [6.07, 6.45) is 2.36. The molecule has 1 aromatic carbocycles. The fraction of sp³-hybridized carbons (Fsp3) is 0.667. The summed E-state index contributed by atoms with van der Waals surface area (Å²) in [5.41, 5.74) is 4.26. The van der Waals surface area contributed by atoms with Crippen LogP contribution in [0.25, 0.3) is 0 Å². The first-order chi connectivity index (χ1) is 9.92. The Balaban J connectivity index is 2.33. The highest BCUT2D eigenvalue weighted by Crippen LogP contribution is 2.31. The van der Waals surface area contributed by atoms with Gasteiger partial charge < -0.3 is 15.1 Å². The van der Waals surface area contributed by atoms with E-state index in [1.807, 2.05) is 0 Å². The first kappa shape index (κ1) is 16.2. The molecule has 3 nitrogen and oxygen atoms in total. The molecule has 2 rings (SSSR count). The van der Waals surface area contributed by atoms with Gasteiger partial charge in [0.15, 0.2) is 0 Å². The van der Waals surface area contributed by atoms with Gasteiger partial charge in [-0.2, -0.15) is 0 Å². The third-order valence-corrected chi connectivity index (χ3v) is 5.14. The van der Waals surface area contributed by atoms with E-state index in [-0.39, 0.29) is 5.54 Å². The second-order valence-corrected chi connectivity index (χ2v) is 6.71. The molecule has 0 bridgehead atoms. The maximum absolute atomic E-state index is 3.78. The van der Waals surface area contributed by atoms with Crippen molar-refractivity contribution in [1.82, 2.24) is 5.32 Å². The molecule has 1 aromatic rings. The molecular formula is C18H31N3. The molecule has 1 aliphatic heterocycles. The lowest BCUT2D eigenvalue weighted by molar-refractivity contribution is 0.254. The molecule has 0 amide bonds. The molecule has 0 aromatic heterocycles. The third kappa shape index (κ3) is 3.18. The van der Waals surface area contributed by atoms with Crippen molar-refractivity contribution < 1.29 is 0 Å². The van der Waals surface area contributed by atoms with Crippen molar-refractivity contribution >= 4 is 11.4 Å². The van der Waals surface area contributed by atoms with Gasteiger partial charge in [0.2, 0.25) is 0 Å². The predicted octanol–water partition coefficient (Wildman–Crippen LogP) is 3.42. The van der Waals surface area contributed by atoms with E-state index < -0.39 is 0 Å². The molecule has 1 aliphatic rings. The van der Waals surface area contributed by atoms with E-state index in [0.29, 0.717) is 6.04 Å². The van der Waals surface area contributed by atoms with Crippen molar-refractivity contribution in [3.05, 3.63) is 23.8 Å². The summed E-state index contributed by atoms with van der Waals surface area (Å²) in [5.74, 6) is 0. The zero-order chi connectivity index (χ0) is 15.6. The van der Waals surface area contributed by atoms with Crippen LogP contribution in [-0.4, -0.2) is 38.8 Å². The Bertz CT molecular complexity index is 477. The SMILES string of the molecule is CCC1(CC)CN(c2ccc(C)c(N(C)C)c2)C(C)CN1. The van der Waals surface area contributed by atoms with E-state index in [2.05, 4.69) is 75.1 Å². The first-order valence-corrected chi connectivity index (χ1v) is 8.22. The average Bonchev–Trinajstić information content (AvgIpc) is 2.49. The summed E-state index contributed by atoms with van der Waals surface area (Å²) in [6.45, 7) is 11.3. The Hall–Kier alpha value is -1.22. The minimum absolute atomic E-state index is 0.260. The quantitative estimate of drug-likeness (QED) is 0.916. The standard InChI is InChI=1S/C18H31N3/c1-7-18(8-2)13-21(15(4)12-19-18)16-10-9-14(3)17(11-16)20(5)6/h9-11,15,19H,7-8,12-13H2,1-6H3. The minimum Gasteiger partial charge on any atom is -0.377 e. The zero-order valence-corrected chi connectivity index (χ0v) is 14.5. The highest BCUT2D eigenvalue weighted by Gasteiger charge is 2.35. The molecule has 0 radical (unpaired) electrons. The Morgan fingerprint density at radius 1 is 1.29 bits per heavy atom. The van der Waals surface area contributed by atoms with Gasteiger partial charge in [-0.3, -0.25) is 0 Å². The highest BCUT2D eigenvalue weighted by molar-refractivity contribution is 5.63. The number of hydrogen-bond donors (Lipinski definition) is 1. The van der Waals surface area contributed by atoms with Gasteiger partial charge in [0.25, 0.3) is 0 Å². The monoisotopic (exact) mass is 289 g/mol. The van der Waals surface area contributed by atoms with Crippen molar-refractivity contribution in [3.8, 4) is 0 Å². The summed E-state index contributed by atoms with van der Waals surface area (Å²) in [7, 11) is 4.24. The maximum atomic E-state index is 3.78. The Morgan fingerprint density at radius 3 is 2.52 bits per heavy atom. The van der Waals surface area contributed by atoms with E-state index in [1.165, 1.54) is 29.8 Å². The third-order valence-electron chi connectivity index (χ3n) is 5.14. The van der Waals surface area contributed by atoms with Gasteiger partial charge >= 0.3 is 0 Å². The topological polar surface area (TPSA) is 18.5 Å². The second kappa shape index (κ2) is 6.27. The number of anilines is 2. The van der Waals surface area contributed by atoms with Gasteiger partial charge in [-0.1, -0.05) is 19.9 Å². The van der Waals surface area contributed by atoms with Crippen LogP contribution in [0.15, 0.2) is 18.2 Å². The molecule has 0 spiro atoms. The first-order valence-electron chi connectivity index (χ1n) is 8.22. The second-order valence-electron chi connectivity index (χ2n) is 6.71. The summed E-state index contributed by atoms with van der Waals surface area (Å²) >= 11 is 0. The van der Waals surface area contributed by atoms with Crippen LogP contribution in [0.4, 0.5) is 11.4 Å². The molecule has 0 aliphatic carbocycles. The molecule has 3 heteroatoms. The molecule has 1 fully saturated rings. The van der Waals surface area contributed by atoms with Gasteiger partial charge in [-0.05, 0) is 44.4 Å². The van der Waals surface area contributed by atoms with E-state index in [0.717, 1.165) is 13.1 Å². The van der Waals surface area contributed by atoms with Gasteiger partial charge in [0.1, 0.15) is 0 Å². The predicted molar refractivity (Wildman–Crippen MR) is 93.6 cm³/mol. The Morgan fingerprint density at radius 2 is 1.95 bits per heavy atom. The Labute approximate surface area is 130 Å². The molecule has 118 valence electrons. The number of rotatable bonds is 4. The number of nitrogens with one attached hydrogen (secondary N) is 1. The molecule has 0 saturated carbocycles. The lowest BCUT2D eigenvalue weighted by Gasteiger charge is -2.48. The fourth-order valence-electron chi connectivity index (χ4n) is 3.34. The summed E-state index contributed by atoms with van der Waals surface area (Å²) in [6, 6.07) is 7.40. The lowest BCUT2D eigenvalue weighted by Crippen LogP contribution is -2.63. The summed E-state index contributed by atoms with van der Waals surface area (Å²) in [5, 5.41) is 3.78. The van der Waals surface area contributed by atoms with Crippen LogP contribution in [-0.2, 0) is 0 Å². The molecule has 1 heterocycles. The van der Waals surface area contributed by atoms with Crippen LogP contribution in [0.2, 0.25) is 0 Å². The Kier molecular flexibility index (Phi) is 4.82. The average molecular weight is 289 g/mol. The summed E-state index contributed by atoms with van der Waals surface area (Å²) < 4.78 is 0. The molecule has 1 unspecified atom stereocenters. The van der Waals surface area contributed by atoms with Crippen LogP contribution in [0, 0.1) is 6.92 Å². The summed E-state index contributed by atoms with van der Waals surface area (Å²) in [4.78, 5) is 4.79. The molecule has 1 N–H and O–H groups in total. The van der Waals surface area contributed by atoms with Gasteiger partial charge in [0, 0.05) is 50.1 Å². The highest BCUT2D eigenvalue weighted by atomic mass is 15.3. The van der Waals surface area contributed by atoms with Crippen molar-refractivity contribution in [2.75, 3.05) is 37.0 Å². The van der Waals surface area contributed by atoms with Crippen LogP contribution in [0.1, 0.15) is 39.2 Å². The van der Waals surface area contributed by atoms with E-state index in [9.17, 15) is 0 Å². The molecule has 21 heavy (non-hydrogen) atoms. The number of aryl methyl sites for hydroxylation is 1. The smallest absolute Gasteiger partial charge is 0.0411 e. The van der Waals surface area contributed by atoms with Crippen LogP contribution in [0.3, 0.4) is 0 Å². The fourth-order valence-corrected chi connectivity index (χ4v) is 3.34. The van der Waals surface area contributed by atoms with E-state index in [4.69, 9.17) is 0 Å². The molecule has 1 atom stereocenters. The van der Waals surface area contributed by atoms with E-state index >= 15 is 0 Å². The van der Waals surface area contributed by atoms with Crippen LogP contribution < -0.4 is 15.1 Å². The number of benzene rings is 1. The van der Waals surface area contributed by atoms with Gasteiger partial charge in [-0.15, -0.1) is 0 Å². The van der Waals surface area contributed by atoms with Gasteiger partial charge in [-0.25, -0.2) is 0 Å². The van der Waals surface area contributed by atoms with Crippen molar-refractivity contribution in [2.24, 2.45) is 0 Å². The van der Waals surface area contributed by atoms with Crippen molar-refractivity contribution in [2.45, 2.75) is 52.1 Å². The molecule has 1 saturated heterocycles.